The fourth-order valence-corrected chi connectivity index (χ4v) is 6.94. The summed E-state index contributed by atoms with van der Waals surface area (Å²) in [6.45, 7) is 2.59. The van der Waals surface area contributed by atoms with Crippen molar-refractivity contribution in [2.75, 3.05) is 64.7 Å². The number of nitrogens with two attached hydrogens (primary N) is 2. The van der Waals surface area contributed by atoms with E-state index in [1.807, 2.05) is 0 Å². The number of amides is 1. The van der Waals surface area contributed by atoms with Crippen molar-refractivity contribution in [2.45, 2.75) is 25.5 Å². The van der Waals surface area contributed by atoms with Gasteiger partial charge in [-0.2, -0.15) is 39.5 Å². The highest BCUT2D eigenvalue weighted by molar-refractivity contribution is 5.80. The Morgan fingerprint density at radius 1 is 0.463 bits per heavy atom. The number of primary amides is 1. The zero-order valence-electron chi connectivity index (χ0n) is 42.6. The van der Waals surface area contributed by atoms with E-state index in [2.05, 4.69) is 62.5 Å². The van der Waals surface area contributed by atoms with Gasteiger partial charge in [-0.3, -0.25) is 9.59 Å². The minimum atomic E-state index is -4.40. The SMILES string of the molecule is CCOC(=O)CNc1nnc(-c2ccccc2Nc2ccc(C(F)(F)F)cc2)o1.NC(=O)CNc1nnc(-c2ccccc2Nc2ccc(C(F)(F)F)cc2)o1.NCCNc1nnc(-c2ccccc2Nc2ccc(C(F)(F)F)cc2)o1. The van der Waals surface area contributed by atoms with Crippen LogP contribution in [0.2, 0.25) is 0 Å². The lowest BCUT2D eigenvalue weighted by Crippen LogP contribution is -2.21. The first-order valence-corrected chi connectivity index (χ1v) is 24.1. The first kappa shape index (κ1) is 59.5. The normalized spacial score (nSPS) is 11.3. The van der Waals surface area contributed by atoms with Crippen molar-refractivity contribution >= 4 is 64.0 Å². The number of ether oxygens (including phenoxy) is 1. The zero-order valence-corrected chi connectivity index (χ0v) is 42.6. The third-order valence-electron chi connectivity index (χ3n) is 10.7. The number of rotatable bonds is 19. The molecule has 82 heavy (non-hydrogen) atoms. The van der Waals surface area contributed by atoms with E-state index in [0.29, 0.717) is 63.9 Å². The van der Waals surface area contributed by atoms with E-state index < -0.39 is 47.1 Å². The van der Waals surface area contributed by atoms with E-state index in [4.69, 9.17) is 29.5 Å². The molecular formula is C53H47F9N14O6. The number of para-hydroxylation sites is 3. The van der Waals surface area contributed by atoms with Gasteiger partial charge in [0.1, 0.15) is 6.54 Å². The maximum atomic E-state index is 12.7. The molecule has 3 heterocycles. The van der Waals surface area contributed by atoms with Gasteiger partial charge in [-0.25, -0.2) is 0 Å². The van der Waals surface area contributed by atoms with Gasteiger partial charge < -0.3 is 61.4 Å². The van der Waals surface area contributed by atoms with Gasteiger partial charge >= 0.3 is 42.5 Å². The van der Waals surface area contributed by atoms with E-state index >= 15 is 0 Å². The van der Waals surface area contributed by atoms with Crippen molar-refractivity contribution < 1.29 is 67.1 Å². The molecular weight excluding hydrogens is 1100 g/mol. The highest BCUT2D eigenvalue weighted by Gasteiger charge is 2.32. The van der Waals surface area contributed by atoms with E-state index in [1.165, 1.54) is 36.4 Å². The maximum absolute atomic E-state index is 12.7. The van der Waals surface area contributed by atoms with Crippen molar-refractivity contribution in [3.63, 3.8) is 0 Å². The van der Waals surface area contributed by atoms with Gasteiger partial charge in [-0.1, -0.05) is 51.7 Å². The number of carbonyl (C=O) groups excluding carboxylic acids is 2. The van der Waals surface area contributed by atoms with Gasteiger partial charge in [-0.05, 0) is 116 Å². The number of anilines is 9. The summed E-state index contributed by atoms with van der Waals surface area (Å²) >= 11 is 0. The number of benzene rings is 6. The first-order chi connectivity index (χ1) is 39.2. The van der Waals surface area contributed by atoms with Gasteiger partial charge in [0.15, 0.2) is 0 Å². The number of hydrogen-bond acceptors (Lipinski definition) is 19. The molecule has 0 atom stereocenters. The lowest BCUT2D eigenvalue weighted by molar-refractivity contribution is -0.141. The predicted octanol–water partition coefficient (Wildman–Crippen LogP) is 11.7. The molecule has 0 aliphatic carbocycles. The van der Waals surface area contributed by atoms with E-state index in [-0.39, 0.29) is 55.4 Å². The smallest absolute Gasteiger partial charge is 0.416 e. The van der Waals surface area contributed by atoms with Crippen LogP contribution in [0.15, 0.2) is 159 Å². The summed E-state index contributed by atoms with van der Waals surface area (Å²) in [7, 11) is 0. The van der Waals surface area contributed by atoms with Gasteiger partial charge in [0.05, 0.1) is 63.6 Å². The molecule has 0 unspecified atom stereocenters. The lowest BCUT2D eigenvalue weighted by Gasteiger charge is -2.11. The largest absolute Gasteiger partial charge is 0.465 e. The summed E-state index contributed by atoms with van der Waals surface area (Å²) in [5, 5.41) is 40.5. The third-order valence-corrected chi connectivity index (χ3v) is 10.7. The van der Waals surface area contributed by atoms with Gasteiger partial charge in [0, 0.05) is 30.2 Å². The quantitative estimate of drug-likeness (QED) is 0.0276. The number of alkyl halides is 9. The molecule has 1 amide bonds. The lowest BCUT2D eigenvalue weighted by atomic mass is 10.1. The summed E-state index contributed by atoms with van der Waals surface area (Å²) < 4.78 is 135. The van der Waals surface area contributed by atoms with E-state index in [1.54, 1.807) is 79.7 Å². The van der Waals surface area contributed by atoms with Crippen LogP contribution in [0.3, 0.4) is 0 Å². The standard InChI is InChI=1S/C19H17F3N4O3.C17H14F3N5O2.C17H16F3N5O/c1-2-28-16(27)11-23-18-26-25-17(29-18)14-5-3-4-6-15(14)24-13-9-7-12(8-10-13)19(20,21)22;18-17(19,20)10-5-7-11(8-6-10)23-13-4-2-1-3-12(13)15-24-25-16(27-15)22-9-14(21)26;18-17(19,20)11-5-7-12(8-6-11)23-14-4-2-1-3-13(14)15-24-25-16(26-15)22-10-9-21/h3-10,24H,2,11H2,1H3,(H,23,26);1-8,23H,9H2,(H2,21,26)(H,22,25);1-8,23H,9-10,21H2,(H,22,25). The van der Waals surface area contributed by atoms with Gasteiger partial charge in [0.25, 0.3) is 17.7 Å². The molecule has 0 radical (unpaired) electrons. The van der Waals surface area contributed by atoms with Crippen LogP contribution in [0.1, 0.15) is 23.6 Å². The second kappa shape index (κ2) is 27.1. The minimum absolute atomic E-state index is 0.0214. The van der Waals surface area contributed by atoms with Crippen LogP contribution in [-0.4, -0.2) is 75.3 Å². The molecule has 3 aromatic heterocycles. The Labute approximate surface area is 458 Å². The molecule has 29 heteroatoms. The average molecular weight is 1150 g/mol. The first-order valence-electron chi connectivity index (χ1n) is 24.1. The van der Waals surface area contributed by atoms with Crippen LogP contribution in [0, 0.1) is 0 Å². The Hall–Kier alpha value is -10.2. The van der Waals surface area contributed by atoms with Crippen LogP contribution in [0.5, 0.6) is 0 Å². The Morgan fingerprint density at radius 2 is 0.780 bits per heavy atom. The Balaban J connectivity index is 0.000000177. The van der Waals surface area contributed by atoms with Crippen molar-refractivity contribution in [1.29, 1.82) is 0 Å². The summed E-state index contributed by atoms with van der Waals surface area (Å²) in [5.74, 6) is -0.432. The van der Waals surface area contributed by atoms with Crippen molar-refractivity contribution in [1.82, 2.24) is 30.6 Å². The van der Waals surface area contributed by atoms with Crippen LogP contribution < -0.4 is 43.4 Å². The van der Waals surface area contributed by atoms with E-state index in [0.717, 1.165) is 36.4 Å². The average Bonchev–Trinajstić information content (AvgIpc) is 4.33. The van der Waals surface area contributed by atoms with Crippen molar-refractivity contribution in [3.8, 4) is 34.4 Å². The van der Waals surface area contributed by atoms with Gasteiger partial charge in [-0.15, -0.1) is 15.3 Å². The van der Waals surface area contributed by atoms with Crippen molar-refractivity contribution in [3.05, 3.63) is 162 Å². The van der Waals surface area contributed by atoms with Crippen LogP contribution in [0.25, 0.3) is 34.4 Å². The number of halogens is 9. The molecule has 0 saturated heterocycles. The zero-order chi connectivity index (χ0) is 58.9. The predicted molar refractivity (Wildman–Crippen MR) is 284 cm³/mol. The fourth-order valence-electron chi connectivity index (χ4n) is 6.94. The molecule has 20 nitrogen and oxygen atoms in total. The Morgan fingerprint density at radius 3 is 1.09 bits per heavy atom. The number of nitrogens with zero attached hydrogens (tertiary/aromatic N) is 6. The monoisotopic (exact) mass is 1150 g/mol. The maximum Gasteiger partial charge on any atom is 0.416 e. The highest BCUT2D eigenvalue weighted by atomic mass is 19.4. The number of carbonyl (C=O) groups is 2. The fraction of sp³-hybridized carbons (Fsp3) is 0.170. The third kappa shape index (κ3) is 17.2. The Kier molecular flexibility index (Phi) is 19.7. The van der Waals surface area contributed by atoms with E-state index in [9.17, 15) is 49.1 Å². The number of hydrogen-bond donors (Lipinski definition) is 8. The molecule has 0 spiro atoms. The Bertz CT molecular complexity index is 3500. The molecule has 6 aromatic carbocycles. The second-order valence-electron chi connectivity index (χ2n) is 16.7. The topological polar surface area (TPSA) is 284 Å². The molecule has 9 rings (SSSR count). The summed E-state index contributed by atoms with van der Waals surface area (Å²) in [4.78, 5) is 22.2. The highest BCUT2D eigenvalue weighted by Crippen LogP contribution is 2.37. The van der Waals surface area contributed by atoms with Gasteiger partial charge in [0.2, 0.25) is 5.91 Å². The number of esters is 1. The van der Waals surface area contributed by atoms with Crippen molar-refractivity contribution in [2.24, 2.45) is 11.5 Å². The second-order valence-corrected chi connectivity index (χ2v) is 16.7. The molecule has 9 aromatic rings. The molecule has 0 fully saturated rings. The van der Waals surface area contributed by atoms with Crippen LogP contribution in [-0.2, 0) is 32.9 Å². The number of nitrogens with one attached hydrogen (secondary N) is 6. The summed E-state index contributed by atoms with van der Waals surface area (Å²) in [6, 6.07) is 35.4. The molecule has 0 bridgehead atoms. The molecule has 0 saturated carbocycles. The molecule has 428 valence electrons. The summed E-state index contributed by atoms with van der Waals surface area (Å²) in [5.41, 5.74) is 13.2. The molecule has 0 aliphatic heterocycles. The molecule has 0 aliphatic rings. The van der Waals surface area contributed by atoms with Crippen LogP contribution >= 0.6 is 0 Å². The minimum Gasteiger partial charge on any atom is -0.465 e. The molecule has 10 N–H and O–H groups in total. The summed E-state index contributed by atoms with van der Waals surface area (Å²) in [6.07, 6.45) is -13.2. The van der Waals surface area contributed by atoms with Crippen LogP contribution in [0.4, 0.5) is 91.7 Å². The number of aromatic nitrogens is 6.